The number of ether oxygens (including phenoxy) is 1. The van der Waals surface area contributed by atoms with Crippen molar-refractivity contribution in [1.82, 2.24) is 14.9 Å². The molecule has 0 saturated carbocycles. The summed E-state index contributed by atoms with van der Waals surface area (Å²) in [6.45, 7) is 9.66. The Morgan fingerprint density at radius 2 is 2.11 bits per heavy atom. The second kappa shape index (κ2) is 8.08. The summed E-state index contributed by atoms with van der Waals surface area (Å²) in [6, 6.07) is 5.55. The third kappa shape index (κ3) is 4.03. The highest BCUT2D eigenvalue weighted by atomic mass is 16.5. The summed E-state index contributed by atoms with van der Waals surface area (Å²) in [5.41, 5.74) is 4.72. The number of imidazole rings is 1. The molecule has 27 heavy (non-hydrogen) atoms. The van der Waals surface area contributed by atoms with Gasteiger partial charge in [0.05, 0.1) is 24.8 Å². The minimum Gasteiger partial charge on any atom is -0.495 e. The number of carbonyl (C=O) groups is 1. The maximum absolute atomic E-state index is 12.7. The molecule has 0 fully saturated rings. The van der Waals surface area contributed by atoms with Crippen LogP contribution in [0.1, 0.15) is 35.3 Å². The van der Waals surface area contributed by atoms with Gasteiger partial charge < -0.3 is 14.6 Å². The Morgan fingerprint density at radius 1 is 1.33 bits per heavy atom. The van der Waals surface area contributed by atoms with Crippen molar-refractivity contribution in [3.8, 4) is 11.4 Å². The number of nitrogens with zero attached hydrogens (tertiary/aromatic N) is 2. The van der Waals surface area contributed by atoms with Crippen LogP contribution in [0, 0.1) is 6.92 Å². The van der Waals surface area contributed by atoms with E-state index in [1.54, 1.807) is 19.5 Å². The van der Waals surface area contributed by atoms with Crippen LogP contribution in [0.5, 0.6) is 5.75 Å². The van der Waals surface area contributed by atoms with Crippen molar-refractivity contribution in [1.29, 1.82) is 0 Å². The fourth-order valence-electron chi connectivity index (χ4n) is 3.41. The average molecular weight is 363 g/mol. The number of allylic oxidation sites excluding steroid dienone is 3. The van der Waals surface area contributed by atoms with Crippen LogP contribution in [-0.2, 0) is 0 Å². The van der Waals surface area contributed by atoms with Gasteiger partial charge in [-0.05, 0) is 55.5 Å². The molecule has 0 saturated heterocycles. The van der Waals surface area contributed by atoms with Gasteiger partial charge in [0, 0.05) is 17.8 Å². The molecular formula is C22H25N3O2. The molecule has 1 aliphatic carbocycles. The van der Waals surface area contributed by atoms with E-state index >= 15 is 0 Å². The molecule has 1 amide bonds. The fourth-order valence-corrected chi connectivity index (χ4v) is 3.41. The van der Waals surface area contributed by atoms with Crippen molar-refractivity contribution in [2.24, 2.45) is 0 Å². The maximum atomic E-state index is 12.7. The fraction of sp³-hybridized carbons (Fsp3) is 0.273. The smallest absolute Gasteiger partial charge is 0.251 e. The summed E-state index contributed by atoms with van der Waals surface area (Å²) in [7, 11) is 1.60. The first kappa shape index (κ1) is 18.7. The molecular weight excluding hydrogens is 338 g/mol. The predicted molar refractivity (Wildman–Crippen MR) is 107 cm³/mol. The van der Waals surface area contributed by atoms with Crippen LogP contribution < -0.4 is 10.1 Å². The molecule has 5 nitrogen and oxygen atoms in total. The first-order chi connectivity index (χ1) is 13.0. The van der Waals surface area contributed by atoms with Gasteiger partial charge in [0.1, 0.15) is 5.75 Å². The summed E-state index contributed by atoms with van der Waals surface area (Å²) in [6.07, 6.45) is 9.97. The Labute approximate surface area is 160 Å². The zero-order chi connectivity index (χ0) is 19.4. The normalized spacial score (nSPS) is 16.7. The van der Waals surface area contributed by atoms with Crippen molar-refractivity contribution in [2.75, 3.05) is 7.11 Å². The Bertz CT molecular complexity index is 908. The molecule has 1 N–H and O–H groups in total. The summed E-state index contributed by atoms with van der Waals surface area (Å²) in [4.78, 5) is 17.0. The first-order valence-corrected chi connectivity index (χ1v) is 9.02. The van der Waals surface area contributed by atoms with E-state index in [1.807, 2.05) is 42.0 Å². The molecule has 0 aliphatic heterocycles. The van der Waals surface area contributed by atoms with Gasteiger partial charge in [0.2, 0.25) is 0 Å². The van der Waals surface area contributed by atoms with Crippen LogP contribution in [0.25, 0.3) is 5.69 Å². The van der Waals surface area contributed by atoms with Gasteiger partial charge in [-0.3, -0.25) is 4.79 Å². The minimum atomic E-state index is -0.0999. The van der Waals surface area contributed by atoms with Gasteiger partial charge in [0.25, 0.3) is 5.91 Å². The third-order valence-corrected chi connectivity index (χ3v) is 4.90. The highest BCUT2D eigenvalue weighted by Crippen LogP contribution is 2.28. The summed E-state index contributed by atoms with van der Waals surface area (Å²) >= 11 is 0. The monoisotopic (exact) mass is 363 g/mol. The van der Waals surface area contributed by atoms with Crippen molar-refractivity contribution < 1.29 is 9.53 Å². The number of carbonyl (C=O) groups excluding carboxylic acids is 1. The Kier molecular flexibility index (Phi) is 5.60. The lowest BCUT2D eigenvalue weighted by Gasteiger charge is -2.25. The summed E-state index contributed by atoms with van der Waals surface area (Å²) in [5, 5.41) is 3.13. The van der Waals surface area contributed by atoms with E-state index in [9.17, 15) is 4.79 Å². The molecule has 1 aromatic heterocycles. The summed E-state index contributed by atoms with van der Waals surface area (Å²) in [5.74, 6) is 0.529. The average Bonchev–Trinajstić information content (AvgIpc) is 3.13. The van der Waals surface area contributed by atoms with Crippen molar-refractivity contribution in [3.05, 3.63) is 78.4 Å². The van der Waals surface area contributed by atoms with Gasteiger partial charge in [-0.15, -0.1) is 0 Å². The quantitative estimate of drug-likeness (QED) is 0.839. The molecule has 1 aliphatic rings. The molecule has 1 heterocycles. The molecule has 1 atom stereocenters. The molecule has 3 rings (SSSR count). The van der Waals surface area contributed by atoms with Crippen LogP contribution in [0.15, 0.2) is 67.2 Å². The Balaban J connectivity index is 1.77. The number of rotatable bonds is 6. The molecule has 0 spiro atoms. The molecule has 0 bridgehead atoms. The second-order valence-electron chi connectivity index (χ2n) is 6.68. The lowest BCUT2D eigenvalue weighted by atomic mass is 9.88. The molecule has 1 aromatic carbocycles. The number of methoxy groups -OCH3 is 1. The zero-order valence-corrected chi connectivity index (χ0v) is 15.9. The lowest BCUT2D eigenvalue weighted by Crippen LogP contribution is -2.36. The van der Waals surface area contributed by atoms with Crippen LogP contribution in [0.4, 0.5) is 0 Å². The SMILES string of the molecule is C=CC1=C(C=C)CC(NC(=O)c2ccc(-n3cnc(C)c3)c(OC)c2)CC1. The highest BCUT2D eigenvalue weighted by molar-refractivity contribution is 5.95. The van der Waals surface area contributed by atoms with Gasteiger partial charge in [-0.25, -0.2) is 4.98 Å². The number of benzene rings is 1. The minimum absolute atomic E-state index is 0.0937. The first-order valence-electron chi connectivity index (χ1n) is 9.02. The van der Waals surface area contributed by atoms with Crippen LogP contribution in [0.2, 0.25) is 0 Å². The van der Waals surface area contributed by atoms with E-state index in [1.165, 1.54) is 5.57 Å². The third-order valence-electron chi connectivity index (χ3n) is 4.90. The van der Waals surface area contributed by atoms with Gasteiger partial charge in [-0.2, -0.15) is 0 Å². The molecule has 5 heteroatoms. The van der Waals surface area contributed by atoms with Crippen molar-refractivity contribution in [3.63, 3.8) is 0 Å². The second-order valence-corrected chi connectivity index (χ2v) is 6.68. The van der Waals surface area contributed by atoms with E-state index in [4.69, 9.17) is 4.74 Å². The molecule has 0 radical (unpaired) electrons. The zero-order valence-electron chi connectivity index (χ0n) is 15.9. The largest absolute Gasteiger partial charge is 0.495 e. The number of aryl methyl sites for hydroxylation is 1. The van der Waals surface area contributed by atoms with Gasteiger partial charge >= 0.3 is 0 Å². The summed E-state index contributed by atoms with van der Waals surface area (Å²) < 4.78 is 7.38. The van der Waals surface area contributed by atoms with Crippen molar-refractivity contribution in [2.45, 2.75) is 32.2 Å². The van der Waals surface area contributed by atoms with Crippen molar-refractivity contribution >= 4 is 5.91 Å². The van der Waals surface area contributed by atoms with E-state index < -0.39 is 0 Å². The predicted octanol–water partition coefficient (Wildman–Crippen LogP) is 4.14. The van der Waals surface area contributed by atoms with E-state index in [-0.39, 0.29) is 11.9 Å². The number of hydrogen-bond donors (Lipinski definition) is 1. The topological polar surface area (TPSA) is 56.2 Å². The van der Waals surface area contributed by atoms with Gasteiger partial charge in [-0.1, -0.05) is 25.3 Å². The Hall–Kier alpha value is -3.08. The number of aromatic nitrogens is 2. The van der Waals surface area contributed by atoms with E-state index in [0.717, 1.165) is 36.2 Å². The van der Waals surface area contributed by atoms with E-state index in [2.05, 4.69) is 23.5 Å². The van der Waals surface area contributed by atoms with Gasteiger partial charge in [0.15, 0.2) is 0 Å². The highest BCUT2D eigenvalue weighted by Gasteiger charge is 2.21. The van der Waals surface area contributed by atoms with Crippen LogP contribution in [0.3, 0.4) is 0 Å². The molecule has 1 unspecified atom stereocenters. The van der Waals surface area contributed by atoms with E-state index in [0.29, 0.717) is 11.3 Å². The lowest BCUT2D eigenvalue weighted by molar-refractivity contribution is 0.0933. The number of amides is 1. The molecule has 140 valence electrons. The number of hydrogen-bond acceptors (Lipinski definition) is 3. The van der Waals surface area contributed by atoms with Crippen LogP contribution in [-0.4, -0.2) is 28.6 Å². The number of nitrogens with one attached hydrogen (secondary N) is 1. The maximum Gasteiger partial charge on any atom is 0.251 e. The van der Waals surface area contributed by atoms with Crippen LogP contribution >= 0.6 is 0 Å². The standard InChI is InChI=1S/C22H25N3O2/c1-5-16-7-9-19(11-17(16)6-2)24-22(26)18-8-10-20(21(12-18)27-4)25-13-15(3)23-14-25/h5-6,8,10,12-14,19H,1-2,7,9,11H2,3-4H3,(H,24,26). The molecule has 2 aromatic rings. The Morgan fingerprint density at radius 3 is 2.74 bits per heavy atom.